The van der Waals surface area contributed by atoms with Crippen molar-refractivity contribution in [2.75, 3.05) is 0 Å². The van der Waals surface area contributed by atoms with Gasteiger partial charge in [0, 0.05) is 5.56 Å². The van der Waals surface area contributed by atoms with Crippen LogP contribution in [0.25, 0.3) is 0 Å². The molecule has 2 atom stereocenters. The van der Waals surface area contributed by atoms with Gasteiger partial charge in [0.05, 0.1) is 0 Å². The predicted molar refractivity (Wildman–Crippen MR) is 81.8 cm³/mol. The molecule has 0 saturated heterocycles. The number of aliphatic hydroxyl groups is 1. The molecule has 0 aliphatic heterocycles. The molecular weight excluding hydrogens is 232 g/mol. The molecule has 1 N–H and O–H groups in total. The minimum atomic E-state index is -0.528. The van der Waals surface area contributed by atoms with Gasteiger partial charge in [0.25, 0.3) is 0 Å². The van der Waals surface area contributed by atoms with E-state index >= 15 is 0 Å². The first-order valence-electron chi connectivity index (χ1n) is 6.97. The molecule has 1 heteroatoms. The topological polar surface area (TPSA) is 20.2 Å². The third-order valence-corrected chi connectivity index (χ3v) is 3.08. The zero-order valence-corrected chi connectivity index (χ0v) is 12.0. The third kappa shape index (κ3) is 7.49. The van der Waals surface area contributed by atoms with Crippen LogP contribution in [0.1, 0.15) is 45.1 Å². The molecule has 1 aromatic rings. The normalized spacial score (nSPS) is 13.2. The summed E-state index contributed by atoms with van der Waals surface area (Å²) in [6.45, 7) is 8.14. The SMILES string of the molecule is C=C(C)CCC[C@@H](C)C[C@@H](O)C#Cc1ccccc1. The second-order valence-electron chi connectivity index (χ2n) is 5.34. The van der Waals surface area contributed by atoms with Crippen LogP contribution in [-0.2, 0) is 0 Å². The van der Waals surface area contributed by atoms with Gasteiger partial charge in [-0.1, -0.05) is 49.0 Å². The van der Waals surface area contributed by atoms with Crippen molar-refractivity contribution >= 4 is 0 Å². The fourth-order valence-electron chi connectivity index (χ4n) is 2.00. The minimum Gasteiger partial charge on any atom is -0.380 e. The van der Waals surface area contributed by atoms with E-state index in [1.165, 1.54) is 5.57 Å². The van der Waals surface area contributed by atoms with Crippen LogP contribution in [0.15, 0.2) is 42.5 Å². The highest BCUT2D eigenvalue weighted by Crippen LogP contribution is 2.15. The fourth-order valence-corrected chi connectivity index (χ4v) is 2.00. The van der Waals surface area contributed by atoms with Gasteiger partial charge in [-0.05, 0) is 44.2 Å². The first-order chi connectivity index (χ1) is 9.08. The van der Waals surface area contributed by atoms with Crippen molar-refractivity contribution in [3.8, 4) is 11.8 Å². The van der Waals surface area contributed by atoms with Gasteiger partial charge >= 0.3 is 0 Å². The van der Waals surface area contributed by atoms with Crippen LogP contribution in [0.4, 0.5) is 0 Å². The molecule has 0 heterocycles. The molecule has 0 aliphatic carbocycles. The Morgan fingerprint density at radius 3 is 2.63 bits per heavy atom. The quantitative estimate of drug-likeness (QED) is 0.598. The molecule has 1 aromatic carbocycles. The van der Waals surface area contributed by atoms with E-state index in [0.29, 0.717) is 5.92 Å². The van der Waals surface area contributed by atoms with Crippen LogP contribution < -0.4 is 0 Å². The minimum absolute atomic E-state index is 0.499. The largest absolute Gasteiger partial charge is 0.380 e. The Labute approximate surface area is 117 Å². The van der Waals surface area contributed by atoms with E-state index in [9.17, 15) is 5.11 Å². The van der Waals surface area contributed by atoms with Crippen LogP contribution in [0.3, 0.4) is 0 Å². The monoisotopic (exact) mass is 256 g/mol. The molecule has 0 bridgehead atoms. The Morgan fingerprint density at radius 1 is 1.32 bits per heavy atom. The maximum atomic E-state index is 9.90. The van der Waals surface area contributed by atoms with Crippen LogP contribution >= 0.6 is 0 Å². The van der Waals surface area contributed by atoms with Gasteiger partial charge < -0.3 is 5.11 Å². The van der Waals surface area contributed by atoms with Crippen LogP contribution in [0.5, 0.6) is 0 Å². The summed E-state index contributed by atoms with van der Waals surface area (Å²) in [6, 6.07) is 9.78. The molecule has 1 nitrogen and oxygen atoms in total. The van der Waals surface area contributed by atoms with E-state index in [-0.39, 0.29) is 0 Å². The first kappa shape index (κ1) is 15.5. The smallest absolute Gasteiger partial charge is 0.115 e. The van der Waals surface area contributed by atoms with E-state index in [1.807, 2.05) is 30.3 Å². The standard InChI is InChI=1S/C18H24O/c1-15(2)8-7-9-16(3)14-18(19)13-12-17-10-5-4-6-11-17/h4-6,10-11,16,18-19H,1,7-9,14H2,2-3H3/t16-,18+/m1/s1. The number of benzene rings is 1. The fraction of sp³-hybridized carbons (Fsp3) is 0.444. The average Bonchev–Trinajstić information content (AvgIpc) is 2.37. The molecule has 1 rings (SSSR count). The van der Waals surface area contributed by atoms with E-state index < -0.39 is 6.10 Å². The van der Waals surface area contributed by atoms with Crippen LogP contribution in [0, 0.1) is 17.8 Å². The lowest BCUT2D eigenvalue weighted by Crippen LogP contribution is -2.09. The third-order valence-electron chi connectivity index (χ3n) is 3.08. The van der Waals surface area contributed by atoms with E-state index in [1.54, 1.807) is 0 Å². The Balaban J connectivity index is 2.33. The molecule has 0 fully saturated rings. The van der Waals surface area contributed by atoms with Gasteiger partial charge in [-0.15, -0.1) is 6.58 Å². The molecule has 0 saturated carbocycles. The summed E-state index contributed by atoms with van der Waals surface area (Å²) in [7, 11) is 0. The Morgan fingerprint density at radius 2 is 2.00 bits per heavy atom. The summed E-state index contributed by atoms with van der Waals surface area (Å²) >= 11 is 0. The van der Waals surface area contributed by atoms with Crippen LogP contribution in [0.2, 0.25) is 0 Å². The number of allylic oxidation sites excluding steroid dienone is 1. The second-order valence-corrected chi connectivity index (χ2v) is 5.34. The molecule has 0 unspecified atom stereocenters. The van der Waals surface area contributed by atoms with E-state index in [4.69, 9.17) is 0 Å². The van der Waals surface area contributed by atoms with Gasteiger partial charge in [0.2, 0.25) is 0 Å². The van der Waals surface area contributed by atoms with Crippen molar-refractivity contribution in [2.45, 2.75) is 45.6 Å². The molecule has 0 spiro atoms. The molecular formula is C18H24O. The maximum Gasteiger partial charge on any atom is 0.115 e. The zero-order chi connectivity index (χ0) is 14.1. The number of rotatable bonds is 6. The maximum absolute atomic E-state index is 9.90. The predicted octanol–water partition coefficient (Wildman–Crippen LogP) is 4.17. The molecule has 0 aliphatic rings. The molecule has 0 radical (unpaired) electrons. The summed E-state index contributed by atoms with van der Waals surface area (Å²) in [4.78, 5) is 0. The van der Waals surface area contributed by atoms with Crippen molar-refractivity contribution in [3.63, 3.8) is 0 Å². The highest BCUT2D eigenvalue weighted by Gasteiger charge is 2.07. The average molecular weight is 256 g/mol. The number of hydrogen-bond acceptors (Lipinski definition) is 1. The van der Waals surface area contributed by atoms with Gasteiger partial charge in [-0.3, -0.25) is 0 Å². The lowest BCUT2D eigenvalue weighted by atomic mass is 9.96. The van der Waals surface area contributed by atoms with E-state index in [0.717, 1.165) is 31.2 Å². The molecule has 19 heavy (non-hydrogen) atoms. The van der Waals surface area contributed by atoms with Gasteiger partial charge in [-0.2, -0.15) is 0 Å². The summed E-state index contributed by atoms with van der Waals surface area (Å²) in [5.41, 5.74) is 2.19. The lowest BCUT2D eigenvalue weighted by Gasteiger charge is -2.12. The molecule has 0 amide bonds. The Bertz CT molecular complexity index is 436. The second kappa shape index (κ2) is 8.56. The highest BCUT2D eigenvalue weighted by atomic mass is 16.3. The van der Waals surface area contributed by atoms with Crippen molar-refractivity contribution in [1.82, 2.24) is 0 Å². The van der Waals surface area contributed by atoms with Crippen LogP contribution in [-0.4, -0.2) is 11.2 Å². The summed E-state index contributed by atoms with van der Waals surface area (Å²) in [5, 5.41) is 9.90. The number of aliphatic hydroxyl groups excluding tert-OH is 1. The Kier molecular flexibility index (Phi) is 7.00. The summed E-state index contributed by atoms with van der Waals surface area (Å²) < 4.78 is 0. The molecule has 102 valence electrons. The van der Waals surface area contributed by atoms with Crippen molar-refractivity contribution < 1.29 is 5.11 Å². The van der Waals surface area contributed by atoms with Gasteiger partial charge in [0.15, 0.2) is 0 Å². The van der Waals surface area contributed by atoms with Crippen molar-refractivity contribution in [3.05, 3.63) is 48.0 Å². The van der Waals surface area contributed by atoms with Gasteiger partial charge in [-0.25, -0.2) is 0 Å². The van der Waals surface area contributed by atoms with Crippen molar-refractivity contribution in [2.24, 2.45) is 5.92 Å². The lowest BCUT2D eigenvalue weighted by molar-refractivity contribution is 0.196. The Hall–Kier alpha value is -1.52. The van der Waals surface area contributed by atoms with Gasteiger partial charge in [0.1, 0.15) is 6.10 Å². The number of hydrogen-bond donors (Lipinski definition) is 1. The zero-order valence-electron chi connectivity index (χ0n) is 12.0. The summed E-state index contributed by atoms with van der Waals surface area (Å²) in [5.74, 6) is 6.43. The van der Waals surface area contributed by atoms with E-state index in [2.05, 4.69) is 32.3 Å². The first-order valence-corrected chi connectivity index (χ1v) is 6.97. The summed E-state index contributed by atoms with van der Waals surface area (Å²) in [6.07, 6.45) is 3.57. The highest BCUT2D eigenvalue weighted by molar-refractivity contribution is 5.34. The van der Waals surface area contributed by atoms with Crippen molar-refractivity contribution in [1.29, 1.82) is 0 Å². The molecule has 0 aromatic heterocycles.